The fourth-order valence-electron chi connectivity index (χ4n) is 2.22. The van der Waals surface area contributed by atoms with E-state index in [1.807, 2.05) is 20.8 Å². The first kappa shape index (κ1) is 18.1. The van der Waals surface area contributed by atoms with Gasteiger partial charge in [-0.15, -0.1) is 0 Å². The molecule has 6 nitrogen and oxygen atoms in total. The van der Waals surface area contributed by atoms with E-state index < -0.39 is 10.0 Å². The van der Waals surface area contributed by atoms with E-state index in [0.717, 1.165) is 19.3 Å². The predicted octanol–water partition coefficient (Wildman–Crippen LogP) is 2.07. The third-order valence-corrected chi connectivity index (χ3v) is 5.08. The van der Waals surface area contributed by atoms with Crippen molar-refractivity contribution in [2.45, 2.75) is 77.4 Å². The molecule has 0 radical (unpaired) electrons. The van der Waals surface area contributed by atoms with Crippen molar-refractivity contribution in [1.29, 1.82) is 0 Å². The number of hydrogen-bond acceptors (Lipinski definition) is 4. The minimum atomic E-state index is -3.54. The van der Waals surface area contributed by atoms with E-state index in [0.29, 0.717) is 17.9 Å². The quantitative estimate of drug-likeness (QED) is 0.651. The molecule has 1 unspecified atom stereocenters. The molecule has 0 aliphatic rings. The Morgan fingerprint density at radius 1 is 1.29 bits per heavy atom. The fourth-order valence-corrected chi connectivity index (χ4v) is 3.94. The van der Waals surface area contributed by atoms with Gasteiger partial charge < -0.3 is 5.32 Å². The first-order valence-corrected chi connectivity index (χ1v) is 9.09. The van der Waals surface area contributed by atoms with Crippen molar-refractivity contribution in [3.05, 3.63) is 11.4 Å². The minimum absolute atomic E-state index is 0.0276. The summed E-state index contributed by atoms with van der Waals surface area (Å²) in [5.41, 5.74) is 1.12. The molecule has 1 rings (SSSR count). The zero-order chi connectivity index (χ0) is 16.0. The maximum Gasteiger partial charge on any atom is 0.244 e. The van der Waals surface area contributed by atoms with Gasteiger partial charge >= 0.3 is 0 Å². The summed E-state index contributed by atoms with van der Waals surface area (Å²) >= 11 is 0. The molecule has 1 atom stereocenters. The summed E-state index contributed by atoms with van der Waals surface area (Å²) in [4.78, 5) is 0.283. The van der Waals surface area contributed by atoms with Crippen LogP contribution < -0.4 is 10.0 Å². The predicted molar refractivity (Wildman–Crippen MR) is 84.6 cm³/mol. The van der Waals surface area contributed by atoms with Gasteiger partial charge in [-0.25, -0.2) is 13.1 Å². The van der Waals surface area contributed by atoms with Crippen LogP contribution in [0, 0.1) is 6.92 Å². The normalized spacial score (nSPS) is 13.8. The van der Waals surface area contributed by atoms with Gasteiger partial charge in [-0.1, -0.05) is 34.1 Å². The first-order chi connectivity index (χ1) is 9.81. The summed E-state index contributed by atoms with van der Waals surface area (Å²) in [6, 6.07) is 0.245. The van der Waals surface area contributed by atoms with Crippen LogP contribution in [0.2, 0.25) is 0 Å². The van der Waals surface area contributed by atoms with Crippen LogP contribution in [0.5, 0.6) is 0 Å². The van der Waals surface area contributed by atoms with E-state index >= 15 is 0 Å². The van der Waals surface area contributed by atoms with Crippen molar-refractivity contribution < 1.29 is 8.42 Å². The van der Waals surface area contributed by atoms with Crippen molar-refractivity contribution in [1.82, 2.24) is 20.2 Å². The number of nitrogens with one attached hydrogen (secondary N) is 3. The van der Waals surface area contributed by atoms with Crippen molar-refractivity contribution in [2.75, 3.05) is 0 Å². The van der Waals surface area contributed by atoms with Gasteiger partial charge in [-0.05, 0) is 19.8 Å². The van der Waals surface area contributed by atoms with Crippen LogP contribution in [0.1, 0.15) is 58.3 Å². The second-order valence-corrected chi connectivity index (χ2v) is 7.33. The molecule has 122 valence electrons. The summed E-state index contributed by atoms with van der Waals surface area (Å²) < 4.78 is 28.0. The van der Waals surface area contributed by atoms with Crippen LogP contribution in [0.3, 0.4) is 0 Å². The van der Waals surface area contributed by atoms with Crippen LogP contribution in [-0.2, 0) is 16.6 Å². The van der Waals surface area contributed by atoms with Crippen LogP contribution in [0.25, 0.3) is 0 Å². The zero-order valence-corrected chi connectivity index (χ0v) is 14.5. The standard InChI is InChI=1S/C14H28N4O2S/c1-6-8-12(7-2)18-21(19,20)14-11(5)16-17-13(14)9-15-10(3)4/h10,12,15,18H,6-9H2,1-5H3,(H,16,17). The van der Waals surface area contributed by atoms with E-state index in [1.165, 1.54) is 0 Å². The molecule has 0 aliphatic heterocycles. The molecule has 0 aromatic carbocycles. The van der Waals surface area contributed by atoms with Crippen molar-refractivity contribution in [3.8, 4) is 0 Å². The third kappa shape index (κ3) is 5.09. The lowest BCUT2D eigenvalue weighted by molar-refractivity contribution is 0.510. The third-order valence-electron chi connectivity index (χ3n) is 3.36. The average molecular weight is 316 g/mol. The summed E-state index contributed by atoms with van der Waals surface area (Å²) in [5.74, 6) is 0. The molecule has 0 saturated carbocycles. The highest BCUT2D eigenvalue weighted by Crippen LogP contribution is 2.19. The maximum atomic E-state index is 12.6. The van der Waals surface area contributed by atoms with E-state index in [2.05, 4.69) is 27.2 Å². The van der Waals surface area contributed by atoms with Gasteiger partial charge in [0.15, 0.2) is 0 Å². The van der Waals surface area contributed by atoms with Crippen molar-refractivity contribution in [3.63, 3.8) is 0 Å². The van der Waals surface area contributed by atoms with Gasteiger partial charge in [0.2, 0.25) is 10.0 Å². The Kier molecular flexibility index (Phi) is 6.83. The van der Waals surface area contributed by atoms with E-state index in [-0.39, 0.29) is 17.0 Å². The SMILES string of the molecule is CCCC(CC)NS(=O)(=O)c1c(CNC(C)C)n[nH]c1C. The van der Waals surface area contributed by atoms with Crippen LogP contribution in [0.4, 0.5) is 0 Å². The molecule has 0 aliphatic carbocycles. The number of rotatable bonds is 9. The van der Waals surface area contributed by atoms with Crippen LogP contribution >= 0.6 is 0 Å². The second-order valence-electron chi connectivity index (χ2n) is 5.68. The molecule has 0 saturated heterocycles. The van der Waals surface area contributed by atoms with Gasteiger partial charge in [-0.2, -0.15) is 5.10 Å². The van der Waals surface area contributed by atoms with Crippen molar-refractivity contribution in [2.24, 2.45) is 0 Å². The highest BCUT2D eigenvalue weighted by molar-refractivity contribution is 7.89. The Morgan fingerprint density at radius 3 is 2.48 bits per heavy atom. The van der Waals surface area contributed by atoms with Crippen molar-refractivity contribution >= 4 is 10.0 Å². The van der Waals surface area contributed by atoms with Gasteiger partial charge in [-0.3, -0.25) is 5.10 Å². The number of aromatic amines is 1. The summed E-state index contributed by atoms with van der Waals surface area (Å²) in [5, 5.41) is 10.1. The molecular formula is C14H28N4O2S. The molecule has 0 bridgehead atoms. The summed E-state index contributed by atoms with van der Waals surface area (Å²) in [7, 11) is -3.54. The number of aryl methyl sites for hydroxylation is 1. The lowest BCUT2D eigenvalue weighted by Crippen LogP contribution is -2.35. The molecule has 3 N–H and O–H groups in total. The number of sulfonamides is 1. The van der Waals surface area contributed by atoms with Gasteiger partial charge in [0.25, 0.3) is 0 Å². The van der Waals surface area contributed by atoms with Gasteiger partial charge in [0, 0.05) is 18.6 Å². The summed E-state index contributed by atoms with van der Waals surface area (Å²) in [6.45, 7) is 10.2. The molecule has 0 fully saturated rings. The lowest BCUT2D eigenvalue weighted by Gasteiger charge is -2.17. The van der Waals surface area contributed by atoms with E-state index in [9.17, 15) is 8.42 Å². The highest BCUT2D eigenvalue weighted by Gasteiger charge is 2.26. The Hall–Kier alpha value is -0.920. The first-order valence-electron chi connectivity index (χ1n) is 7.61. The van der Waals surface area contributed by atoms with Crippen LogP contribution in [0.15, 0.2) is 4.90 Å². The molecule has 0 spiro atoms. The number of H-pyrrole nitrogens is 1. The van der Waals surface area contributed by atoms with Crippen LogP contribution in [-0.4, -0.2) is 30.7 Å². The molecule has 21 heavy (non-hydrogen) atoms. The molecule has 0 amide bonds. The Morgan fingerprint density at radius 2 is 1.95 bits per heavy atom. The Balaban J connectivity index is 2.99. The Bertz CT molecular complexity index is 537. The minimum Gasteiger partial charge on any atom is -0.309 e. The molecule has 1 aromatic heterocycles. The van der Waals surface area contributed by atoms with E-state index in [4.69, 9.17) is 0 Å². The topological polar surface area (TPSA) is 86.9 Å². The molecular weight excluding hydrogens is 288 g/mol. The fraction of sp³-hybridized carbons (Fsp3) is 0.786. The second kappa shape index (κ2) is 7.91. The molecule has 1 aromatic rings. The monoisotopic (exact) mass is 316 g/mol. The maximum absolute atomic E-state index is 12.6. The van der Waals surface area contributed by atoms with Gasteiger partial charge in [0.1, 0.15) is 4.90 Å². The molecule has 7 heteroatoms. The number of hydrogen-bond donors (Lipinski definition) is 3. The molecule has 1 heterocycles. The largest absolute Gasteiger partial charge is 0.309 e. The number of aromatic nitrogens is 2. The highest BCUT2D eigenvalue weighted by atomic mass is 32.2. The van der Waals surface area contributed by atoms with E-state index in [1.54, 1.807) is 6.92 Å². The van der Waals surface area contributed by atoms with Gasteiger partial charge in [0.05, 0.1) is 11.4 Å². The smallest absolute Gasteiger partial charge is 0.244 e. The summed E-state index contributed by atoms with van der Waals surface area (Å²) in [6.07, 6.45) is 2.57. The average Bonchev–Trinajstić information content (AvgIpc) is 2.77. The lowest BCUT2D eigenvalue weighted by atomic mass is 10.1. The Labute approximate surface area is 128 Å². The number of nitrogens with zero attached hydrogens (tertiary/aromatic N) is 1. The zero-order valence-electron chi connectivity index (χ0n) is 13.7.